The molecule has 604 valence electrons. The minimum atomic E-state index is -0.588. The Bertz CT molecular complexity index is 8830. The number of rotatable bonds is 8. The normalized spacial score (nSPS) is 13.2. The first-order chi connectivity index (χ1) is 64.4. The van der Waals surface area contributed by atoms with Gasteiger partial charge in [0, 0.05) is 104 Å². The van der Waals surface area contributed by atoms with E-state index in [0.29, 0.717) is 34.9 Å². The van der Waals surface area contributed by atoms with Crippen LogP contribution >= 0.6 is 0 Å². The van der Waals surface area contributed by atoms with Gasteiger partial charge in [-0.1, -0.05) is 328 Å². The van der Waals surface area contributed by atoms with Crippen LogP contribution in [0.2, 0.25) is 0 Å². The molecule has 24 aromatic rings. The van der Waals surface area contributed by atoms with Gasteiger partial charge in [-0.15, -0.1) is 0 Å². The number of nitrogens with zero attached hydrogens (tertiary/aromatic N) is 8. The first kappa shape index (κ1) is 72.9. The van der Waals surface area contributed by atoms with Crippen molar-refractivity contribution in [3.8, 4) is 136 Å². The Balaban J connectivity index is 0.000000134. The highest BCUT2D eigenvalue weighted by atomic mass is 16.5. The van der Waals surface area contributed by atoms with Crippen molar-refractivity contribution in [3.05, 3.63) is 457 Å². The van der Waals surface area contributed by atoms with E-state index in [9.17, 15) is 0 Å². The molecule has 0 saturated heterocycles. The third-order valence-electron chi connectivity index (χ3n) is 26.7. The molecule has 0 radical (unpaired) electrons. The van der Waals surface area contributed by atoms with Gasteiger partial charge in [-0.25, -0.2) is 39.9 Å². The maximum absolute atomic E-state index is 7.00. The molecule has 2 aliphatic heterocycles. The lowest BCUT2D eigenvalue weighted by molar-refractivity contribution is 0.437. The van der Waals surface area contributed by atoms with Crippen LogP contribution in [-0.2, 0) is 10.8 Å². The van der Waals surface area contributed by atoms with Crippen molar-refractivity contribution in [2.24, 2.45) is 0 Å². The van der Waals surface area contributed by atoms with E-state index in [0.717, 1.165) is 188 Å². The number of para-hydroxylation sites is 7. The van der Waals surface area contributed by atoms with Gasteiger partial charge in [-0.05, 0) is 140 Å². The van der Waals surface area contributed by atoms with Crippen LogP contribution < -0.4 is 9.47 Å². The second kappa shape index (κ2) is 28.5. The van der Waals surface area contributed by atoms with Crippen molar-refractivity contribution >= 4 is 87.2 Å². The fraction of sp³-hybridized carbons (Fsp3) is 0.0169. The fourth-order valence-electron chi connectivity index (χ4n) is 21.2. The van der Waals surface area contributed by atoms with Crippen LogP contribution in [0.1, 0.15) is 44.5 Å². The predicted octanol–water partition coefficient (Wildman–Crippen LogP) is 29.2. The zero-order valence-electron chi connectivity index (χ0n) is 69.5. The van der Waals surface area contributed by atoms with E-state index in [2.05, 4.69) is 291 Å². The van der Waals surface area contributed by atoms with Gasteiger partial charge in [0.2, 0.25) is 0 Å². The lowest BCUT2D eigenvalue weighted by Gasteiger charge is -2.39. The summed E-state index contributed by atoms with van der Waals surface area (Å²) in [5.41, 5.74) is 27.0. The highest BCUT2D eigenvalue weighted by molar-refractivity contribution is 6.16. The highest BCUT2D eigenvalue weighted by Gasteiger charge is 2.53. The van der Waals surface area contributed by atoms with Crippen molar-refractivity contribution in [2.75, 3.05) is 0 Å². The summed E-state index contributed by atoms with van der Waals surface area (Å²) >= 11 is 0. The average molecular weight is 1660 g/mol. The second-order valence-corrected chi connectivity index (χ2v) is 33.7. The maximum atomic E-state index is 7.00. The van der Waals surface area contributed by atoms with Crippen LogP contribution in [0.25, 0.3) is 200 Å². The van der Waals surface area contributed by atoms with E-state index in [1.165, 1.54) is 44.5 Å². The standard InChI is InChI=1S/2C59H34N4O2/c1-2-16-35(17-3-1)56-61-57(63-58(62-56)43-25-15-24-42-41-23-7-12-30-51(41)65-55(42)43)37-19-14-18-36(32-37)54-45-34-53-49(33-44(45)40-22-6-11-29-50(40)60-54)59(48-28-10-13-31-52(48)64-53)46-26-8-4-20-38(46)39-21-5-9-27-47(39)59;1-2-16-35(17-3-1)56-61-57(63-58(62-56)42-24-15-31-52-54(42)41-23-7-12-29-50(41)64-52)37-19-14-18-36(32-37)55-44-34-53-48(33-43(44)40-22-6-11-28-49(40)60-55)59(47-27-10-13-30-51(47)65-53)45-25-8-4-20-38(45)39-21-5-9-26-46(39)59/h2*1-34H. The van der Waals surface area contributed by atoms with Crippen LogP contribution in [0.15, 0.2) is 421 Å². The van der Waals surface area contributed by atoms with Gasteiger partial charge in [0.25, 0.3) is 0 Å². The minimum Gasteiger partial charge on any atom is -0.457 e. The number of aromatic nitrogens is 8. The molecule has 8 heterocycles. The van der Waals surface area contributed by atoms with E-state index < -0.39 is 10.8 Å². The van der Waals surface area contributed by atoms with Gasteiger partial charge in [0.05, 0.1) is 38.8 Å². The zero-order chi connectivity index (χ0) is 85.3. The zero-order valence-corrected chi connectivity index (χ0v) is 69.5. The van der Waals surface area contributed by atoms with E-state index in [4.69, 9.17) is 58.2 Å². The van der Waals surface area contributed by atoms with Crippen molar-refractivity contribution in [2.45, 2.75) is 10.8 Å². The predicted molar refractivity (Wildman–Crippen MR) is 518 cm³/mol. The van der Waals surface area contributed by atoms with Crippen molar-refractivity contribution in [1.82, 2.24) is 39.9 Å². The molecule has 28 rings (SSSR count). The third-order valence-corrected chi connectivity index (χ3v) is 26.7. The van der Waals surface area contributed by atoms with Crippen LogP contribution in [0, 0.1) is 0 Å². The highest BCUT2D eigenvalue weighted by Crippen LogP contribution is 2.65. The molecule has 18 aromatic carbocycles. The van der Waals surface area contributed by atoms with Gasteiger partial charge in [0.1, 0.15) is 45.3 Å². The van der Waals surface area contributed by atoms with E-state index in [-0.39, 0.29) is 0 Å². The second-order valence-electron chi connectivity index (χ2n) is 33.7. The first-order valence-corrected chi connectivity index (χ1v) is 43.7. The molecule has 0 atom stereocenters. The number of hydrogen-bond acceptors (Lipinski definition) is 12. The number of pyridine rings is 2. The number of ether oxygens (including phenoxy) is 2. The largest absolute Gasteiger partial charge is 0.457 e. The van der Waals surface area contributed by atoms with Gasteiger partial charge in [-0.3, -0.25) is 0 Å². The molecule has 0 N–H and O–H groups in total. The topological polar surface area (TPSA) is 148 Å². The number of fused-ring (bicyclic) bond motifs is 30. The summed E-state index contributed by atoms with van der Waals surface area (Å²) in [6, 6.07) is 144. The Labute approximate surface area is 744 Å². The SMILES string of the molecule is c1ccc(-c2nc(-c3cccc(-c4nc5ccccc5c5cc6c(cc45)Oc4ccccc4C64c5ccccc5-c5ccccc54)c3)nc(-c3cccc4c3oc3ccccc34)n2)cc1.c1ccc(-c2nc(-c3cccc(-c4nc5ccccc5c5cc6c(cc45)Oc4ccccc4C64c5ccccc5-c5ccccc54)c3)nc(-c3cccc4oc5ccccc5c34)n2)cc1. The summed E-state index contributed by atoms with van der Waals surface area (Å²) in [6.07, 6.45) is 0. The summed E-state index contributed by atoms with van der Waals surface area (Å²) in [4.78, 5) is 41.8. The molecule has 4 aliphatic rings. The molecule has 0 unspecified atom stereocenters. The Morgan fingerprint density at radius 2 is 0.515 bits per heavy atom. The van der Waals surface area contributed by atoms with Crippen LogP contribution in [-0.4, -0.2) is 39.9 Å². The molecule has 0 saturated carbocycles. The molecular weight excluding hydrogens is 1590 g/mol. The first-order valence-electron chi connectivity index (χ1n) is 43.7. The summed E-state index contributed by atoms with van der Waals surface area (Å²) in [6.45, 7) is 0. The average Bonchev–Trinajstić information content (AvgIpc) is 1.47. The molecule has 130 heavy (non-hydrogen) atoms. The molecule has 12 heteroatoms. The molecular formula is C118H68N8O4. The summed E-state index contributed by atoms with van der Waals surface area (Å²) < 4.78 is 26.8. The van der Waals surface area contributed by atoms with Crippen LogP contribution in [0.3, 0.4) is 0 Å². The number of benzene rings is 18. The third kappa shape index (κ3) is 10.9. The van der Waals surface area contributed by atoms with Gasteiger partial charge in [-0.2, -0.15) is 0 Å². The van der Waals surface area contributed by atoms with Gasteiger partial charge >= 0.3 is 0 Å². The van der Waals surface area contributed by atoms with Crippen molar-refractivity contribution < 1.29 is 18.3 Å². The lowest BCUT2D eigenvalue weighted by Crippen LogP contribution is -2.32. The maximum Gasteiger partial charge on any atom is 0.167 e. The number of hydrogen-bond donors (Lipinski definition) is 0. The molecule has 0 amide bonds. The Hall–Kier alpha value is -17.5. The van der Waals surface area contributed by atoms with E-state index >= 15 is 0 Å². The Morgan fingerprint density at radius 3 is 1.02 bits per heavy atom. The molecule has 6 aromatic heterocycles. The molecule has 2 spiro atoms. The quantitative estimate of drug-likeness (QED) is 0.133. The Morgan fingerprint density at radius 1 is 0.177 bits per heavy atom. The van der Waals surface area contributed by atoms with Crippen molar-refractivity contribution in [3.63, 3.8) is 0 Å². The summed E-state index contributed by atoms with van der Waals surface area (Å²) in [5, 5.41) is 10.4. The fourth-order valence-corrected chi connectivity index (χ4v) is 21.2. The molecule has 2 aliphatic carbocycles. The monoisotopic (exact) mass is 1660 g/mol. The summed E-state index contributed by atoms with van der Waals surface area (Å²) in [5.74, 6) is 6.69. The lowest BCUT2D eigenvalue weighted by atomic mass is 9.65. The molecule has 0 bridgehead atoms. The molecule has 12 nitrogen and oxygen atoms in total. The van der Waals surface area contributed by atoms with Gasteiger partial charge in [0.15, 0.2) is 34.9 Å². The smallest absolute Gasteiger partial charge is 0.167 e. The Kier molecular flexibility index (Phi) is 16.0. The summed E-state index contributed by atoms with van der Waals surface area (Å²) in [7, 11) is 0. The van der Waals surface area contributed by atoms with Crippen molar-refractivity contribution in [1.29, 1.82) is 0 Å². The van der Waals surface area contributed by atoms with Crippen LogP contribution in [0.4, 0.5) is 0 Å². The van der Waals surface area contributed by atoms with E-state index in [1.54, 1.807) is 0 Å². The minimum absolute atomic E-state index is 0.534. The van der Waals surface area contributed by atoms with Crippen LogP contribution in [0.5, 0.6) is 23.0 Å². The van der Waals surface area contributed by atoms with E-state index in [1.807, 2.05) is 121 Å². The molecule has 0 fully saturated rings. The van der Waals surface area contributed by atoms with Gasteiger partial charge < -0.3 is 18.3 Å². The number of furan rings is 2.